The number of rotatable bonds is 8. The van der Waals surface area contributed by atoms with Crippen LogP contribution in [0.5, 0.6) is 5.75 Å². The molecule has 180 valence electrons. The number of aryl methyl sites for hydroxylation is 1. The zero-order chi connectivity index (χ0) is 24.4. The zero-order valence-corrected chi connectivity index (χ0v) is 21.7. The number of carbonyl (C=O) groups excluding carboxylic acids is 1. The van der Waals surface area contributed by atoms with E-state index in [4.69, 9.17) is 9.72 Å². The van der Waals surface area contributed by atoms with Crippen molar-refractivity contribution in [3.05, 3.63) is 88.7 Å². The Bertz CT molecular complexity index is 1330. The van der Waals surface area contributed by atoms with Crippen molar-refractivity contribution in [2.75, 3.05) is 18.1 Å². The number of fused-ring (bicyclic) bond motifs is 1. The van der Waals surface area contributed by atoms with Gasteiger partial charge in [0, 0.05) is 35.6 Å². The fraction of sp³-hybridized carbons (Fsp3) is 0.310. The number of benzene rings is 3. The molecule has 1 unspecified atom stereocenters. The lowest BCUT2D eigenvalue weighted by Crippen LogP contribution is -2.24. The highest BCUT2D eigenvalue weighted by Crippen LogP contribution is 2.34. The molecule has 3 aromatic carbocycles. The second-order valence-corrected chi connectivity index (χ2v) is 10.3. The van der Waals surface area contributed by atoms with Crippen LogP contribution in [-0.2, 0) is 11.3 Å². The largest absolute Gasteiger partial charge is 0.494 e. The third-order valence-corrected chi connectivity index (χ3v) is 7.13. The quantitative estimate of drug-likeness (QED) is 0.232. The van der Waals surface area contributed by atoms with Crippen LogP contribution in [0.25, 0.3) is 11.0 Å². The molecular weight excluding hydrogens is 502 g/mol. The predicted molar refractivity (Wildman–Crippen MR) is 144 cm³/mol. The summed E-state index contributed by atoms with van der Waals surface area (Å²) in [6, 6.07) is 24.5. The van der Waals surface area contributed by atoms with Crippen molar-refractivity contribution in [3.63, 3.8) is 0 Å². The number of halogens is 1. The fourth-order valence-electron chi connectivity index (χ4n) is 4.78. The minimum absolute atomic E-state index is 0.0541. The number of hydrogen-bond donors (Lipinski definition) is 0. The first-order valence-corrected chi connectivity index (χ1v) is 13.0. The first-order valence-electron chi connectivity index (χ1n) is 12.2. The molecule has 5 rings (SSSR count). The summed E-state index contributed by atoms with van der Waals surface area (Å²) < 4.78 is 9.27. The Labute approximate surface area is 214 Å². The van der Waals surface area contributed by atoms with Crippen molar-refractivity contribution in [2.24, 2.45) is 0 Å². The van der Waals surface area contributed by atoms with E-state index in [-0.39, 0.29) is 11.8 Å². The predicted octanol–water partition coefficient (Wildman–Crippen LogP) is 6.91. The molecule has 1 saturated heterocycles. The van der Waals surface area contributed by atoms with Crippen molar-refractivity contribution in [1.82, 2.24) is 9.55 Å². The average Bonchev–Trinajstić information content (AvgIpc) is 3.42. The maximum Gasteiger partial charge on any atom is 0.227 e. The van der Waals surface area contributed by atoms with Gasteiger partial charge in [0.25, 0.3) is 0 Å². The van der Waals surface area contributed by atoms with E-state index in [1.165, 1.54) is 5.56 Å². The Balaban J connectivity index is 1.31. The van der Waals surface area contributed by atoms with Gasteiger partial charge in [-0.15, -0.1) is 0 Å². The van der Waals surface area contributed by atoms with Crippen LogP contribution in [0.15, 0.2) is 77.3 Å². The number of hydrogen-bond acceptors (Lipinski definition) is 3. The molecular formula is C29H30BrN3O2. The van der Waals surface area contributed by atoms with E-state index in [1.807, 2.05) is 59.5 Å². The fourth-order valence-corrected chi connectivity index (χ4v) is 5.16. The van der Waals surface area contributed by atoms with Crippen molar-refractivity contribution in [2.45, 2.75) is 45.1 Å². The van der Waals surface area contributed by atoms with Crippen LogP contribution in [-0.4, -0.2) is 28.6 Å². The lowest BCUT2D eigenvalue weighted by Gasteiger charge is -2.18. The molecule has 6 heteroatoms. The van der Waals surface area contributed by atoms with E-state index >= 15 is 0 Å². The number of nitrogens with zero attached hydrogens (tertiary/aromatic N) is 3. The Morgan fingerprint density at radius 1 is 1.06 bits per heavy atom. The molecule has 1 amide bonds. The molecule has 0 saturated carbocycles. The Kier molecular flexibility index (Phi) is 6.91. The van der Waals surface area contributed by atoms with Gasteiger partial charge in [0.15, 0.2) is 0 Å². The summed E-state index contributed by atoms with van der Waals surface area (Å²) in [4.78, 5) is 19.8. The molecule has 0 bridgehead atoms. The van der Waals surface area contributed by atoms with Gasteiger partial charge in [-0.2, -0.15) is 0 Å². The van der Waals surface area contributed by atoms with E-state index in [9.17, 15) is 4.79 Å². The molecule has 0 radical (unpaired) electrons. The van der Waals surface area contributed by atoms with Gasteiger partial charge in [-0.3, -0.25) is 4.79 Å². The molecule has 1 aliphatic rings. The van der Waals surface area contributed by atoms with Gasteiger partial charge >= 0.3 is 0 Å². The van der Waals surface area contributed by atoms with Gasteiger partial charge in [-0.05, 0) is 60.4 Å². The topological polar surface area (TPSA) is 47.4 Å². The standard InChI is InChI=1S/C29H30BrN3O2/c1-20(2)21-11-13-25(14-12-21)35-16-6-15-32-27-10-4-3-9-26(27)31-29(32)22-17-28(34)33(19-22)24-8-5-7-23(30)18-24/h3-5,7-14,18,20,22H,6,15-17,19H2,1-2H3. The highest BCUT2D eigenvalue weighted by Gasteiger charge is 2.34. The maximum absolute atomic E-state index is 12.9. The normalized spacial score (nSPS) is 15.9. The van der Waals surface area contributed by atoms with Crippen molar-refractivity contribution >= 4 is 38.6 Å². The van der Waals surface area contributed by atoms with Crippen LogP contribution in [0.4, 0.5) is 5.69 Å². The van der Waals surface area contributed by atoms with E-state index < -0.39 is 0 Å². The second kappa shape index (κ2) is 10.2. The van der Waals surface area contributed by atoms with E-state index in [2.05, 4.69) is 52.5 Å². The number of anilines is 1. The molecule has 1 aromatic heterocycles. The lowest BCUT2D eigenvalue weighted by molar-refractivity contribution is -0.117. The molecule has 0 aliphatic carbocycles. The number of aromatic nitrogens is 2. The third kappa shape index (κ3) is 5.13. The van der Waals surface area contributed by atoms with Gasteiger partial charge in [0.1, 0.15) is 11.6 Å². The summed E-state index contributed by atoms with van der Waals surface area (Å²) in [5, 5.41) is 0. The van der Waals surface area contributed by atoms with Gasteiger partial charge in [0.2, 0.25) is 5.91 Å². The molecule has 35 heavy (non-hydrogen) atoms. The summed E-state index contributed by atoms with van der Waals surface area (Å²) >= 11 is 3.52. The molecule has 0 spiro atoms. The van der Waals surface area contributed by atoms with Crippen LogP contribution in [0.3, 0.4) is 0 Å². The van der Waals surface area contributed by atoms with Gasteiger partial charge in [-0.1, -0.05) is 60.1 Å². The highest BCUT2D eigenvalue weighted by atomic mass is 79.9. The van der Waals surface area contributed by atoms with E-state index in [0.717, 1.165) is 45.7 Å². The van der Waals surface area contributed by atoms with Crippen LogP contribution in [0, 0.1) is 0 Å². The molecule has 0 N–H and O–H groups in total. The Hall–Kier alpha value is -3.12. The van der Waals surface area contributed by atoms with Crippen LogP contribution in [0.2, 0.25) is 0 Å². The van der Waals surface area contributed by atoms with Crippen molar-refractivity contribution in [3.8, 4) is 5.75 Å². The SMILES string of the molecule is CC(C)c1ccc(OCCCn2c(C3CC(=O)N(c4cccc(Br)c4)C3)nc3ccccc32)cc1. The smallest absolute Gasteiger partial charge is 0.227 e. The minimum Gasteiger partial charge on any atom is -0.494 e. The zero-order valence-electron chi connectivity index (χ0n) is 20.2. The first kappa shape index (κ1) is 23.6. The molecule has 2 heterocycles. The second-order valence-electron chi connectivity index (χ2n) is 9.42. The number of imidazole rings is 1. The summed E-state index contributed by atoms with van der Waals surface area (Å²) in [5.41, 5.74) is 4.32. The monoisotopic (exact) mass is 531 g/mol. The van der Waals surface area contributed by atoms with Crippen LogP contribution >= 0.6 is 15.9 Å². The van der Waals surface area contributed by atoms with Gasteiger partial charge in [0.05, 0.1) is 17.6 Å². The van der Waals surface area contributed by atoms with Crippen LogP contribution < -0.4 is 9.64 Å². The molecule has 5 nitrogen and oxygen atoms in total. The molecule has 1 atom stereocenters. The molecule has 1 fully saturated rings. The molecule has 4 aromatic rings. The van der Waals surface area contributed by atoms with Crippen LogP contribution in [0.1, 0.15) is 49.9 Å². The van der Waals surface area contributed by atoms with Crippen molar-refractivity contribution in [1.29, 1.82) is 0 Å². The first-order chi connectivity index (χ1) is 17.0. The van der Waals surface area contributed by atoms with Gasteiger partial charge in [-0.25, -0.2) is 4.98 Å². The van der Waals surface area contributed by atoms with E-state index in [0.29, 0.717) is 25.5 Å². The maximum atomic E-state index is 12.9. The Morgan fingerprint density at radius 2 is 1.86 bits per heavy atom. The molecule has 1 aliphatic heterocycles. The number of carbonyl (C=O) groups is 1. The summed E-state index contributed by atoms with van der Waals surface area (Å²) in [6.07, 6.45) is 1.32. The lowest BCUT2D eigenvalue weighted by atomic mass is 10.0. The highest BCUT2D eigenvalue weighted by molar-refractivity contribution is 9.10. The minimum atomic E-state index is 0.0541. The van der Waals surface area contributed by atoms with E-state index in [1.54, 1.807) is 0 Å². The summed E-state index contributed by atoms with van der Waals surface area (Å²) in [5.74, 6) is 2.59. The van der Waals surface area contributed by atoms with Gasteiger partial charge < -0.3 is 14.2 Å². The van der Waals surface area contributed by atoms with Crippen molar-refractivity contribution < 1.29 is 9.53 Å². The number of ether oxygens (including phenoxy) is 1. The summed E-state index contributed by atoms with van der Waals surface area (Å²) in [6.45, 7) is 6.44. The average molecular weight is 532 g/mol. The number of para-hydroxylation sites is 2. The Morgan fingerprint density at radius 3 is 2.63 bits per heavy atom. The number of amides is 1. The summed E-state index contributed by atoms with van der Waals surface area (Å²) in [7, 11) is 0. The third-order valence-electron chi connectivity index (χ3n) is 6.64.